The Labute approximate surface area is 99.5 Å². The molecular formula is C14H13NO2. The number of rotatable bonds is 2. The Kier molecular flexibility index (Phi) is 2.32. The van der Waals surface area contributed by atoms with Gasteiger partial charge < -0.3 is 4.42 Å². The Morgan fingerprint density at radius 3 is 3.18 bits per heavy atom. The summed E-state index contributed by atoms with van der Waals surface area (Å²) in [4.78, 5) is 16.7. The molecule has 17 heavy (non-hydrogen) atoms. The Morgan fingerprint density at radius 2 is 2.41 bits per heavy atom. The first-order valence-electron chi connectivity index (χ1n) is 5.79. The Morgan fingerprint density at radius 1 is 1.53 bits per heavy atom. The lowest BCUT2D eigenvalue weighted by Gasteiger charge is -2.07. The number of aryl methyl sites for hydroxylation is 2. The second-order valence-corrected chi connectivity index (χ2v) is 4.45. The molecule has 0 bridgehead atoms. The summed E-state index contributed by atoms with van der Waals surface area (Å²) in [5.41, 5.74) is 2.80. The van der Waals surface area contributed by atoms with Gasteiger partial charge in [0.2, 0.25) is 0 Å². The van der Waals surface area contributed by atoms with E-state index in [-0.39, 0.29) is 11.7 Å². The molecule has 86 valence electrons. The van der Waals surface area contributed by atoms with Crippen molar-refractivity contribution in [2.24, 2.45) is 0 Å². The third-order valence-electron chi connectivity index (χ3n) is 3.29. The topological polar surface area (TPSA) is 43.1 Å². The summed E-state index contributed by atoms with van der Waals surface area (Å²) >= 11 is 0. The van der Waals surface area contributed by atoms with Gasteiger partial charge in [-0.2, -0.15) is 0 Å². The van der Waals surface area contributed by atoms with Gasteiger partial charge in [-0.15, -0.1) is 0 Å². The number of furan rings is 1. The van der Waals surface area contributed by atoms with E-state index in [9.17, 15) is 4.79 Å². The highest BCUT2D eigenvalue weighted by Crippen LogP contribution is 2.33. The lowest BCUT2D eigenvalue weighted by molar-refractivity contribution is 0.0957. The fourth-order valence-corrected chi connectivity index (χ4v) is 2.44. The van der Waals surface area contributed by atoms with E-state index >= 15 is 0 Å². The molecule has 1 aliphatic carbocycles. The molecule has 0 N–H and O–H groups in total. The van der Waals surface area contributed by atoms with E-state index in [1.807, 2.05) is 13.0 Å². The van der Waals surface area contributed by atoms with Crippen molar-refractivity contribution in [1.29, 1.82) is 0 Å². The normalized spacial score (nSPS) is 18.1. The maximum atomic E-state index is 12.3. The summed E-state index contributed by atoms with van der Waals surface area (Å²) < 4.78 is 5.19. The number of Topliss-reactive ketones (excluding diaryl/α,β-unsaturated/α-hetero) is 1. The number of carbonyl (C=O) groups is 1. The highest BCUT2D eigenvalue weighted by atomic mass is 16.3. The van der Waals surface area contributed by atoms with E-state index in [1.54, 1.807) is 18.5 Å². The number of fused-ring (bicyclic) bond motifs is 1. The molecule has 0 aliphatic heterocycles. The number of hydrogen-bond acceptors (Lipinski definition) is 3. The minimum Gasteiger partial charge on any atom is -0.469 e. The molecule has 0 fully saturated rings. The summed E-state index contributed by atoms with van der Waals surface area (Å²) in [6, 6.07) is 5.77. The molecule has 0 radical (unpaired) electrons. The Bertz CT molecular complexity index is 571. The minimum absolute atomic E-state index is 0.0943. The summed E-state index contributed by atoms with van der Waals surface area (Å²) in [5.74, 6) is 0.801. The van der Waals surface area contributed by atoms with Crippen molar-refractivity contribution in [2.75, 3.05) is 0 Å². The van der Waals surface area contributed by atoms with Gasteiger partial charge in [0, 0.05) is 6.20 Å². The van der Waals surface area contributed by atoms with Crippen LogP contribution in [0, 0.1) is 6.92 Å². The van der Waals surface area contributed by atoms with Gasteiger partial charge in [0.25, 0.3) is 0 Å². The Hall–Kier alpha value is -1.90. The fourth-order valence-electron chi connectivity index (χ4n) is 2.44. The number of ketones is 1. The monoisotopic (exact) mass is 227 g/mol. The number of carbonyl (C=O) groups excluding carboxylic acids is 1. The van der Waals surface area contributed by atoms with E-state index in [2.05, 4.69) is 11.1 Å². The van der Waals surface area contributed by atoms with Gasteiger partial charge in [0.05, 0.1) is 17.2 Å². The fraction of sp³-hybridized carbons (Fsp3) is 0.286. The van der Waals surface area contributed by atoms with Gasteiger partial charge in [-0.25, -0.2) is 0 Å². The number of aromatic nitrogens is 1. The number of pyridine rings is 1. The predicted octanol–water partition coefficient (Wildman–Crippen LogP) is 2.90. The molecule has 3 nitrogen and oxygen atoms in total. The van der Waals surface area contributed by atoms with Crippen LogP contribution in [0.5, 0.6) is 0 Å². The van der Waals surface area contributed by atoms with Gasteiger partial charge in [-0.1, -0.05) is 6.07 Å². The summed E-state index contributed by atoms with van der Waals surface area (Å²) in [6.07, 6.45) is 5.09. The van der Waals surface area contributed by atoms with Crippen LogP contribution in [0.3, 0.4) is 0 Å². The molecule has 1 atom stereocenters. The van der Waals surface area contributed by atoms with Crippen LogP contribution in [0.15, 0.2) is 35.1 Å². The zero-order valence-electron chi connectivity index (χ0n) is 9.64. The van der Waals surface area contributed by atoms with Gasteiger partial charge in [0.15, 0.2) is 5.78 Å². The van der Waals surface area contributed by atoms with E-state index in [0.717, 1.165) is 24.3 Å². The van der Waals surface area contributed by atoms with Crippen molar-refractivity contribution >= 4 is 5.78 Å². The maximum Gasteiger partial charge on any atom is 0.175 e. The highest BCUT2D eigenvalue weighted by Gasteiger charge is 2.30. The van der Waals surface area contributed by atoms with Crippen molar-refractivity contribution in [3.63, 3.8) is 0 Å². The van der Waals surface area contributed by atoms with Crippen molar-refractivity contribution < 1.29 is 9.21 Å². The van der Waals surface area contributed by atoms with Gasteiger partial charge in [0.1, 0.15) is 12.0 Å². The SMILES string of the molecule is Cc1cc(C(=O)C2CCc3cccnc32)co1. The molecule has 3 heteroatoms. The predicted molar refractivity (Wildman–Crippen MR) is 63.1 cm³/mol. The molecule has 0 spiro atoms. The maximum absolute atomic E-state index is 12.3. The molecule has 2 heterocycles. The van der Waals surface area contributed by atoms with Crippen LogP contribution in [0.25, 0.3) is 0 Å². The standard InChI is InChI=1S/C14H13NO2/c1-9-7-11(8-17-9)14(16)12-5-4-10-3-2-6-15-13(10)12/h2-3,6-8,12H,4-5H2,1H3. The molecule has 0 aromatic carbocycles. The molecule has 0 saturated carbocycles. The first-order chi connectivity index (χ1) is 8.25. The molecule has 0 amide bonds. The average Bonchev–Trinajstić information content (AvgIpc) is 2.94. The summed E-state index contributed by atoms with van der Waals surface area (Å²) in [7, 11) is 0. The van der Waals surface area contributed by atoms with Crippen LogP contribution in [0.2, 0.25) is 0 Å². The van der Waals surface area contributed by atoms with Crippen LogP contribution in [-0.4, -0.2) is 10.8 Å². The zero-order valence-corrected chi connectivity index (χ0v) is 9.64. The van der Waals surface area contributed by atoms with E-state index < -0.39 is 0 Å². The molecule has 2 aromatic rings. The number of nitrogens with zero attached hydrogens (tertiary/aromatic N) is 1. The second-order valence-electron chi connectivity index (χ2n) is 4.45. The van der Waals surface area contributed by atoms with E-state index in [4.69, 9.17) is 4.42 Å². The van der Waals surface area contributed by atoms with Crippen LogP contribution in [-0.2, 0) is 6.42 Å². The third-order valence-corrected chi connectivity index (χ3v) is 3.29. The van der Waals surface area contributed by atoms with Gasteiger partial charge in [-0.05, 0) is 37.5 Å². The second kappa shape index (κ2) is 3.84. The molecular weight excluding hydrogens is 214 g/mol. The van der Waals surface area contributed by atoms with E-state index in [0.29, 0.717) is 5.56 Å². The molecule has 3 rings (SSSR count). The molecule has 1 unspecified atom stereocenters. The van der Waals surface area contributed by atoms with Crippen LogP contribution in [0.1, 0.15) is 39.7 Å². The first kappa shape index (κ1) is 10.3. The molecule has 1 aliphatic rings. The lowest BCUT2D eigenvalue weighted by atomic mass is 9.97. The smallest absolute Gasteiger partial charge is 0.175 e. The molecule has 2 aromatic heterocycles. The zero-order chi connectivity index (χ0) is 11.8. The van der Waals surface area contributed by atoms with Crippen LogP contribution >= 0.6 is 0 Å². The Balaban J connectivity index is 1.95. The van der Waals surface area contributed by atoms with Gasteiger partial charge in [-0.3, -0.25) is 9.78 Å². The summed E-state index contributed by atoms with van der Waals surface area (Å²) in [6.45, 7) is 1.84. The van der Waals surface area contributed by atoms with Crippen molar-refractivity contribution in [3.8, 4) is 0 Å². The van der Waals surface area contributed by atoms with Crippen LogP contribution < -0.4 is 0 Å². The average molecular weight is 227 g/mol. The third kappa shape index (κ3) is 1.68. The first-order valence-corrected chi connectivity index (χ1v) is 5.79. The number of hydrogen-bond donors (Lipinski definition) is 0. The minimum atomic E-state index is -0.0943. The largest absolute Gasteiger partial charge is 0.469 e. The van der Waals surface area contributed by atoms with Crippen molar-refractivity contribution in [3.05, 3.63) is 53.2 Å². The summed E-state index contributed by atoms with van der Waals surface area (Å²) in [5, 5.41) is 0. The van der Waals surface area contributed by atoms with Crippen LogP contribution in [0.4, 0.5) is 0 Å². The van der Waals surface area contributed by atoms with Crippen molar-refractivity contribution in [2.45, 2.75) is 25.7 Å². The quantitative estimate of drug-likeness (QED) is 0.741. The van der Waals surface area contributed by atoms with Crippen molar-refractivity contribution in [1.82, 2.24) is 4.98 Å². The van der Waals surface area contributed by atoms with Gasteiger partial charge >= 0.3 is 0 Å². The highest BCUT2D eigenvalue weighted by molar-refractivity contribution is 6.01. The molecule has 0 saturated heterocycles. The van der Waals surface area contributed by atoms with E-state index in [1.165, 1.54) is 5.56 Å². The lowest BCUT2D eigenvalue weighted by Crippen LogP contribution is -2.10.